The van der Waals surface area contributed by atoms with Gasteiger partial charge in [0, 0.05) is 11.1 Å². The van der Waals surface area contributed by atoms with E-state index in [1.54, 1.807) is 26.0 Å². The van der Waals surface area contributed by atoms with Crippen LogP contribution in [0.3, 0.4) is 0 Å². The number of benzene rings is 1. The lowest BCUT2D eigenvalue weighted by Gasteiger charge is -2.28. The predicted octanol–water partition coefficient (Wildman–Crippen LogP) is 1.64. The van der Waals surface area contributed by atoms with E-state index in [9.17, 15) is 14.7 Å². The van der Waals surface area contributed by atoms with E-state index in [1.165, 1.54) is 0 Å². The molecular weight excluding hydrogens is 270 g/mol. The van der Waals surface area contributed by atoms with Crippen molar-refractivity contribution in [1.29, 1.82) is 0 Å². The summed E-state index contributed by atoms with van der Waals surface area (Å²) in [6, 6.07) is 6.29. The highest BCUT2D eigenvalue weighted by atomic mass is 16.4. The maximum Gasteiger partial charge on any atom is 0.305 e. The van der Waals surface area contributed by atoms with Crippen molar-refractivity contribution in [3.63, 3.8) is 0 Å². The zero-order valence-electron chi connectivity index (χ0n) is 12.7. The molecule has 0 bridgehead atoms. The van der Waals surface area contributed by atoms with E-state index in [-0.39, 0.29) is 18.8 Å². The largest absolute Gasteiger partial charge is 0.481 e. The number of ketones is 1. The number of aliphatic hydroxyl groups is 1. The van der Waals surface area contributed by atoms with Gasteiger partial charge < -0.3 is 10.2 Å². The molecule has 0 aliphatic carbocycles. The summed E-state index contributed by atoms with van der Waals surface area (Å²) in [5, 5.41) is 21.2. The highest BCUT2D eigenvalue weighted by Gasteiger charge is 2.28. The van der Waals surface area contributed by atoms with E-state index >= 15 is 0 Å². The third-order valence-corrected chi connectivity index (χ3v) is 3.30. The molecule has 116 valence electrons. The van der Waals surface area contributed by atoms with Crippen LogP contribution in [-0.2, 0) is 11.2 Å². The lowest BCUT2D eigenvalue weighted by Crippen LogP contribution is -2.52. The van der Waals surface area contributed by atoms with Crippen molar-refractivity contribution >= 4 is 11.8 Å². The molecule has 0 amide bonds. The van der Waals surface area contributed by atoms with Crippen LogP contribution in [0.1, 0.15) is 43.1 Å². The SMILES string of the molecule is CCc1ccc(C(=O)C(CC(=O)O)NC(C)(C)CO)cc1. The monoisotopic (exact) mass is 293 g/mol. The maximum absolute atomic E-state index is 12.5. The summed E-state index contributed by atoms with van der Waals surface area (Å²) in [7, 11) is 0. The highest BCUT2D eigenvalue weighted by Crippen LogP contribution is 2.12. The van der Waals surface area contributed by atoms with Gasteiger partial charge in [0.25, 0.3) is 0 Å². The van der Waals surface area contributed by atoms with Crippen LogP contribution >= 0.6 is 0 Å². The van der Waals surface area contributed by atoms with Gasteiger partial charge in [-0.15, -0.1) is 0 Å². The molecule has 0 spiro atoms. The van der Waals surface area contributed by atoms with Crippen molar-refractivity contribution in [3.05, 3.63) is 35.4 Å². The van der Waals surface area contributed by atoms with E-state index in [0.717, 1.165) is 12.0 Å². The Hall–Kier alpha value is -1.72. The standard InChI is InChI=1S/C16H23NO4/c1-4-11-5-7-12(8-6-11)15(21)13(9-14(19)20)17-16(2,3)10-18/h5-8,13,17-18H,4,9-10H2,1-3H3,(H,19,20). The minimum atomic E-state index is -1.06. The topological polar surface area (TPSA) is 86.6 Å². The molecule has 5 nitrogen and oxygen atoms in total. The molecule has 0 heterocycles. The number of carbonyl (C=O) groups excluding carboxylic acids is 1. The van der Waals surface area contributed by atoms with Gasteiger partial charge in [-0.25, -0.2) is 0 Å². The molecule has 0 fully saturated rings. The predicted molar refractivity (Wildman–Crippen MR) is 80.5 cm³/mol. The quantitative estimate of drug-likeness (QED) is 0.634. The second-order valence-electron chi connectivity index (χ2n) is 5.75. The van der Waals surface area contributed by atoms with Gasteiger partial charge >= 0.3 is 5.97 Å². The van der Waals surface area contributed by atoms with Crippen molar-refractivity contribution in [3.8, 4) is 0 Å². The molecule has 1 atom stereocenters. The first kappa shape index (κ1) is 17.3. The van der Waals surface area contributed by atoms with Crippen LogP contribution in [0.2, 0.25) is 0 Å². The number of aryl methyl sites for hydroxylation is 1. The van der Waals surface area contributed by atoms with E-state index in [2.05, 4.69) is 5.32 Å². The zero-order chi connectivity index (χ0) is 16.0. The smallest absolute Gasteiger partial charge is 0.305 e. The lowest BCUT2D eigenvalue weighted by atomic mass is 9.96. The van der Waals surface area contributed by atoms with Crippen LogP contribution in [0.4, 0.5) is 0 Å². The van der Waals surface area contributed by atoms with Gasteiger partial charge in [0.1, 0.15) is 0 Å². The minimum Gasteiger partial charge on any atom is -0.481 e. The van der Waals surface area contributed by atoms with Gasteiger partial charge in [-0.2, -0.15) is 0 Å². The number of carbonyl (C=O) groups is 2. The molecular formula is C16H23NO4. The number of aliphatic hydroxyl groups excluding tert-OH is 1. The second-order valence-corrected chi connectivity index (χ2v) is 5.75. The first-order chi connectivity index (χ1) is 9.79. The van der Waals surface area contributed by atoms with E-state index in [4.69, 9.17) is 5.11 Å². The second kappa shape index (κ2) is 7.33. The molecule has 1 aromatic carbocycles. The van der Waals surface area contributed by atoms with Crippen molar-refractivity contribution < 1.29 is 19.8 Å². The average molecular weight is 293 g/mol. The van der Waals surface area contributed by atoms with E-state index < -0.39 is 17.6 Å². The summed E-state index contributed by atoms with van der Waals surface area (Å²) in [6.45, 7) is 5.27. The Bertz CT molecular complexity index is 494. The molecule has 21 heavy (non-hydrogen) atoms. The van der Waals surface area contributed by atoms with E-state index in [1.807, 2.05) is 19.1 Å². The summed E-state index contributed by atoms with van der Waals surface area (Å²) in [5.74, 6) is -1.33. The number of hydrogen-bond donors (Lipinski definition) is 3. The summed E-state index contributed by atoms with van der Waals surface area (Å²) < 4.78 is 0. The van der Waals surface area contributed by atoms with Crippen LogP contribution in [0.5, 0.6) is 0 Å². The Kier molecular flexibility index (Phi) is 6.05. The Balaban J connectivity index is 2.95. The Labute approximate surface area is 125 Å². The number of carboxylic acid groups (broad SMARTS) is 1. The third kappa shape index (κ3) is 5.28. The number of nitrogens with one attached hydrogen (secondary N) is 1. The summed E-state index contributed by atoms with van der Waals surface area (Å²) in [6.07, 6.45) is 0.556. The molecule has 0 saturated carbocycles. The van der Waals surface area contributed by atoms with Crippen LogP contribution < -0.4 is 5.32 Å². The molecule has 0 saturated heterocycles. The van der Waals surface area contributed by atoms with Crippen LogP contribution in [-0.4, -0.2) is 40.2 Å². The zero-order valence-corrected chi connectivity index (χ0v) is 12.7. The molecule has 1 rings (SSSR count). The summed E-state index contributed by atoms with van der Waals surface area (Å²) in [4.78, 5) is 23.4. The van der Waals surface area contributed by atoms with Crippen molar-refractivity contribution in [1.82, 2.24) is 5.32 Å². The fourth-order valence-corrected chi connectivity index (χ4v) is 2.01. The summed E-state index contributed by atoms with van der Waals surface area (Å²) >= 11 is 0. The van der Waals surface area contributed by atoms with Crippen LogP contribution in [0.25, 0.3) is 0 Å². The third-order valence-electron chi connectivity index (χ3n) is 3.30. The van der Waals surface area contributed by atoms with Gasteiger partial charge in [-0.1, -0.05) is 31.2 Å². The Morgan fingerprint density at radius 1 is 1.24 bits per heavy atom. The molecule has 0 aliphatic rings. The number of aliphatic carboxylic acids is 1. The normalized spacial score (nSPS) is 13.0. The van der Waals surface area contributed by atoms with Gasteiger partial charge in [0.2, 0.25) is 0 Å². The highest BCUT2D eigenvalue weighted by molar-refractivity contribution is 6.01. The lowest BCUT2D eigenvalue weighted by molar-refractivity contribution is -0.137. The molecule has 5 heteroatoms. The van der Waals surface area contributed by atoms with E-state index in [0.29, 0.717) is 5.56 Å². The van der Waals surface area contributed by atoms with Crippen LogP contribution in [0, 0.1) is 0 Å². The Morgan fingerprint density at radius 3 is 2.24 bits per heavy atom. The molecule has 0 radical (unpaired) electrons. The molecule has 1 unspecified atom stereocenters. The van der Waals surface area contributed by atoms with Gasteiger partial charge in [0.15, 0.2) is 5.78 Å². The fourth-order valence-electron chi connectivity index (χ4n) is 2.01. The molecule has 1 aromatic rings. The molecule has 3 N–H and O–H groups in total. The fraction of sp³-hybridized carbons (Fsp3) is 0.500. The van der Waals surface area contributed by atoms with Gasteiger partial charge in [0.05, 0.1) is 19.1 Å². The van der Waals surface area contributed by atoms with Gasteiger partial charge in [-0.3, -0.25) is 14.9 Å². The van der Waals surface area contributed by atoms with Crippen LogP contribution in [0.15, 0.2) is 24.3 Å². The molecule has 0 aliphatic heterocycles. The number of carboxylic acids is 1. The number of Topliss-reactive ketones (excluding diaryl/α,β-unsaturated/α-hetero) is 1. The minimum absolute atomic E-state index is 0.189. The Morgan fingerprint density at radius 2 is 1.81 bits per heavy atom. The number of hydrogen-bond acceptors (Lipinski definition) is 4. The average Bonchev–Trinajstić information content (AvgIpc) is 2.45. The van der Waals surface area contributed by atoms with Crippen molar-refractivity contribution in [2.24, 2.45) is 0 Å². The van der Waals surface area contributed by atoms with Crippen molar-refractivity contribution in [2.45, 2.75) is 45.2 Å². The maximum atomic E-state index is 12.5. The van der Waals surface area contributed by atoms with Gasteiger partial charge in [-0.05, 0) is 25.8 Å². The first-order valence-electron chi connectivity index (χ1n) is 7.02. The summed E-state index contributed by atoms with van der Waals surface area (Å²) in [5.41, 5.74) is 0.865. The number of rotatable bonds is 8. The first-order valence-corrected chi connectivity index (χ1v) is 7.02. The van der Waals surface area contributed by atoms with Crippen molar-refractivity contribution in [2.75, 3.05) is 6.61 Å². The molecule has 0 aromatic heterocycles.